The van der Waals surface area contributed by atoms with E-state index in [4.69, 9.17) is 4.74 Å². The molecule has 0 saturated heterocycles. The lowest BCUT2D eigenvalue weighted by molar-refractivity contribution is 0.341. The van der Waals surface area contributed by atoms with E-state index in [-0.39, 0.29) is 5.82 Å². The smallest absolute Gasteiger partial charge is 0.131 e. The summed E-state index contributed by atoms with van der Waals surface area (Å²) in [6.45, 7) is 4.77. The van der Waals surface area contributed by atoms with Gasteiger partial charge in [-0.25, -0.2) is 4.39 Å². The molecular weight excluding hydrogens is 367 g/mol. The van der Waals surface area contributed by atoms with Crippen LogP contribution in [0, 0.1) is 5.82 Å². The van der Waals surface area contributed by atoms with Crippen molar-refractivity contribution in [3.05, 3.63) is 78.1 Å². The van der Waals surface area contributed by atoms with Crippen LogP contribution in [-0.4, -0.2) is 6.61 Å². The van der Waals surface area contributed by atoms with Gasteiger partial charge in [0, 0.05) is 15.1 Å². The van der Waals surface area contributed by atoms with Gasteiger partial charge in [0.15, 0.2) is 0 Å². The Morgan fingerprint density at radius 3 is 2.36 bits per heavy atom. The fraction of sp³-hybridized carbons (Fsp3) is 0.200. The van der Waals surface area contributed by atoms with E-state index in [0.29, 0.717) is 12.2 Å². The standard InChI is InChI=1S/C25H23FOS/c1-3-5-17-6-13-22(23(26)14-17)18-7-9-19(10-8-18)24-15-20-11-12-21(27-4-2)16-25(20)28-24/h6-16H,3-5H2,1-2H3. The van der Waals surface area contributed by atoms with Crippen LogP contribution < -0.4 is 4.74 Å². The molecule has 0 radical (unpaired) electrons. The molecule has 3 aromatic carbocycles. The number of hydrogen-bond acceptors (Lipinski definition) is 2. The minimum Gasteiger partial charge on any atom is -0.494 e. The molecule has 1 nitrogen and oxygen atoms in total. The SMILES string of the molecule is CCCc1ccc(-c2ccc(-c3cc4ccc(OCC)cc4s3)cc2)c(F)c1. The number of thiophene rings is 1. The molecule has 1 heterocycles. The van der Waals surface area contributed by atoms with Gasteiger partial charge in [-0.3, -0.25) is 0 Å². The molecular formula is C25H23FOS. The fourth-order valence-electron chi connectivity index (χ4n) is 3.46. The molecule has 0 saturated carbocycles. The summed E-state index contributed by atoms with van der Waals surface area (Å²) in [4.78, 5) is 1.20. The number of benzene rings is 3. The molecule has 28 heavy (non-hydrogen) atoms. The summed E-state index contributed by atoms with van der Waals surface area (Å²) >= 11 is 1.75. The molecule has 4 rings (SSSR count). The minimum absolute atomic E-state index is 0.149. The van der Waals surface area contributed by atoms with Crippen molar-refractivity contribution in [1.29, 1.82) is 0 Å². The fourth-order valence-corrected chi connectivity index (χ4v) is 4.56. The molecule has 0 fully saturated rings. The summed E-state index contributed by atoms with van der Waals surface area (Å²) in [7, 11) is 0. The highest BCUT2D eigenvalue weighted by Gasteiger charge is 2.09. The van der Waals surface area contributed by atoms with Gasteiger partial charge in [-0.05, 0) is 65.8 Å². The number of halogens is 1. The van der Waals surface area contributed by atoms with Gasteiger partial charge in [-0.1, -0.05) is 49.7 Å². The number of hydrogen-bond donors (Lipinski definition) is 0. The maximum Gasteiger partial charge on any atom is 0.131 e. The van der Waals surface area contributed by atoms with Crippen LogP contribution in [0.2, 0.25) is 0 Å². The molecule has 0 aliphatic heterocycles. The quantitative estimate of drug-likeness (QED) is 0.327. The Hall–Kier alpha value is -2.65. The maximum absolute atomic E-state index is 14.5. The number of ether oxygens (including phenoxy) is 1. The van der Waals surface area contributed by atoms with Crippen LogP contribution >= 0.6 is 11.3 Å². The van der Waals surface area contributed by atoms with E-state index in [1.807, 2.05) is 37.3 Å². The van der Waals surface area contributed by atoms with Crippen LogP contribution in [0.1, 0.15) is 25.8 Å². The lowest BCUT2D eigenvalue weighted by atomic mass is 10.00. The van der Waals surface area contributed by atoms with Crippen molar-refractivity contribution < 1.29 is 9.13 Å². The molecule has 1 aromatic heterocycles. The molecule has 0 bridgehead atoms. The van der Waals surface area contributed by atoms with Gasteiger partial charge in [0.1, 0.15) is 11.6 Å². The summed E-state index contributed by atoms with van der Waals surface area (Å²) in [5.41, 5.74) is 3.76. The lowest BCUT2D eigenvalue weighted by Crippen LogP contribution is -1.89. The molecule has 0 spiro atoms. The van der Waals surface area contributed by atoms with E-state index in [1.165, 1.54) is 15.0 Å². The zero-order chi connectivity index (χ0) is 19.5. The van der Waals surface area contributed by atoms with E-state index < -0.39 is 0 Å². The second kappa shape index (κ2) is 8.15. The Morgan fingerprint density at radius 2 is 1.64 bits per heavy atom. The van der Waals surface area contributed by atoms with Crippen LogP contribution in [0.4, 0.5) is 4.39 Å². The minimum atomic E-state index is -0.149. The van der Waals surface area contributed by atoms with Crippen LogP contribution in [0.25, 0.3) is 31.7 Å². The van der Waals surface area contributed by atoms with Crippen molar-refractivity contribution in [3.8, 4) is 27.3 Å². The topological polar surface area (TPSA) is 9.23 Å². The second-order valence-corrected chi connectivity index (χ2v) is 7.97. The molecule has 0 aliphatic rings. The average molecular weight is 391 g/mol. The third-order valence-electron chi connectivity index (χ3n) is 4.86. The Kier molecular flexibility index (Phi) is 5.45. The van der Waals surface area contributed by atoms with Crippen molar-refractivity contribution in [2.75, 3.05) is 6.61 Å². The van der Waals surface area contributed by atoms with Crippen LogP contribution in [0.3, 0.4) is 0 Å². The van der Waals surface area contributed by atoms with E-state index in [0.717, 1.165) is 35.3 Å². The van der Waals surface area contributed by atoms with Gasteiger partial charge in [0.25, 0.3) is 0 Å². The zero-order valence-electron chi connectivity index (χ0n) is 16.2. The average Bonchev–Trinajstić information content (AvgIpc) is 3.12. The third kappa shape index (κ3) is 3.81. The zero-order valence-corrected chi connectivity index (χ0v) is 17.0. The Morgan fingerprint density at radius 1 is 0.857 bits per heavy atom. The largest absolute Gasteiger partial charge is 0.494 e. The molecule has 0 N–H and O–H groups in total. The van der Waals surface area contributed by atoms with E-state index in [1.54, 1.807) is 17.4 Å². The highest BCUT2D eigenvalue weighted by atomic mass is 32.1. The van der Waals surface area contributed by atoms with Crippen molar-refractivity contribution in [2.24, 2.45) is 0 Å². The predicted octanol–water partition coefficient (Wildman–Crippen LogP) is 7.73. The number of rotatable bonds is 6. The highest BCUT2D eigenvalue weighted by Crippen LogP contribution is 2.36. The summed E-state index contributed by atoms with van der Waals surface area (Å²) < 4.78 is 21.3. The Balaban J connectivity index is 1.62. The van der Waals surface area contributed by atoms with E-state index in [9.17, 15) is 4.39 Å². The van der Waals surface area contributed by atoms with E-state index in [2.05, 4.69) is 37.3 Å². The van der Waals surface area contributed by atoms with Gasteiger partial charge in [0.2, 0.25) is 0 Å². The second-order valence-electron chi connectivity index (χ2n) is 6.88. The van der Waals surface area contributed by atoms with E-state index >= 15 is 0 Å². The van der Waals surface area contributed by atoms with Gasteiger partial charge in [-0.15, -0.1) is 11.3 Å². The summed E-state index contributed by atoms with van der Waals surface area (Å²) in [5, 5.41) is 1.21. The molecule has 0 unspecified atom stereocenters. The van der Waals surface area contributed by atoms with Crippen molar-refractivity contribution in [3.63, 3.8) is 0 Å². The molecule has 3 heteroatoms. The Labute approximate surface area is 169 Å². The van der Waals surface area contributed by atoms with Gasteiger partial charge in [-0.2, -0.15) is 0 Å². The maximum atomic E-state index is 14.5. The number of fused-ring (bicyclic) bond motifs is 1. The van der Waals surface area contributed by atoms with Gasteiger partial charge in [0.05, 0.1) is 6.61 Å². The normalized spacial score (nSPS) is 11.1. The molecule has 0 atom stereocenters. The first kappa shape index (κ1) is 18.7. The summed E-state index contributed by atoms with van der Waals surface area (Å²) in [5.74, 6) is 0.754. The molecule has 142 valence electrons. The highest BCUT2D eigenvalue weighted by molar-refractivity contribution is 7.22. The first-order valence-corrected chi connectivity index (χ1v) is 10.5. The van der Waals surface area contributed by atoms with Crippen LogP contribution in [-0.2, 0) is 6.42 Å². The van der Waals surface area contributed by atoms with Gasteiger partial charge >= 0.3 is 0 Å². The van der Waals surface area contributed by atoms with Crippen molar-refractivity contribution >= 4 is 21.4 Å². The first-order valence-electron chi connectivity index (χ1n) is 9.73. The predicted molar refractivity (Wildman–Crippen MR) is 118 cm³/mol. The summed E-state index contributed by atoms with van der Waals surface area (Å²) in [6.07, 6.45) is 1.93. The first-order chi connectivity index (χ1) is 13.7. The van der Waals surface area contributed by atoms with Crippen molar-refractivity contribution in [1.82, 2.24) is 0 Å². The van der Waals surface area contributed by atoms with Gasteiger partial charge < -0.3 is 4.74 Å². The summed E-state index contributed by atoms with van der Waals surface area (Å²) in [6, 6.07) is 22.1. The molecule has 0 amide bonds. The third-order valence-corrected chi connectivity index (χ3v) is 6.00. The molecule has 4 aromatic rings. The van der Waals surface area contributed by atoms with Crippen LogP contribution in [0.15, 0.2) is 66.7 Å². The van der Waals surface area contributed by atoms with Crippen molar-refractivity contribution in [2.45, 2.75) is 26.7 Å². The lowest BCUT2D eigenvalue weighted by Gasteiger charge is -2.07. The van der Waals surface area contributed by atoms with Crippen LogP contribution in [0.5, 0.6) is 5.75 Å². The monoisotopic (exact) mass is 390 g/mol. The Bertz CT molecular complexity index is 1100. The number of aryl methyl sites for hydroxylation is 1. The molecule has 0 aliphatic carbocycles.